The summed E-state index contributed by atoms with van der Waals surface area (Å²) in [6.45, 7) is 9.26. The summed E-state index contributed by atoms with van der Waals surface area (Å²) in [4.78, 5) is 4.69. The van der Waals surface area contributed by atoms with E-state index in [0.29, 0.717) is 0 Å². The molecule has 2 heterocycles. The summed E-state index contributed by atoms with van der Waals surface area (Å²) in [6.07, 6.45) is 2.06. The van der Waals surface area contributed by atoms with Crippen molar-refractivity contribution < 1.29 is 0 Å². The Morgan fingerprint density at radius 3 is 2.50 bits per heavy atom. The summed E-state index contributed by atoms with van der Waals surface area (Å²) in [5, 5.41) is 3.55. The first-order valence-corrected chi connectivity index (χ1v) is 8.20. The maximum atomic E-state index is 4.69. The van der Waals surface area contributed by atoms with Crippen molar-refractivity contribution in [3.8, 4) is 0 Å². The van der Waals surface area contributed by atoms with Gasteiger partial charge in [-0.3, -0.25) is 0 Å². The molecular formula is C18H20BrN3. The van der Waals surface area contributed by atoms with Crippen LogP contribution in [0.15, 0.2) is 34.9 Å². The number of pyridine rings is 1. The van der Waals surface area contributed by atoms with Crippen LogP contribution in [0.4, 0.5) is 5.69 Å². The Kier molecular flexibility index (Phi) is 3.96. The number of benzene rings is 1. The van der Waals surface area contributed by atoms with Crippen molar-refractivity contribution in [1.82, 2.24) is 9.38 Å². The van der Waals surface area contributed by atoms with Gasteiger partial charge in [0, 0.05) is 22.9 Å². The number of anilines is 1. The zero-order chi connectivity index (χ0) is 15.9. The second-order valence-electron chi connectivity index (χ2n) is 5.77. The highest BCUT2D eigenvalue weighted by Crippen LogP contribution is 2.25. The molecule has 114 valence electrons. The molecule has 0 atom stereocenters. The lowest BCUT2D eigenvalue weighted by molar-refractivity contribution is 1.06. The summed E-state index contributed by atoms with van der Waals surface area (Å²) in [5.74, 6) is 0. The highest BCUT2D eigenvalue weighted by atomic mass is 79.9. The van der Waals surface area contributed by atoms with Gasteiger partial charge in [0.2, 0.25) is 0 Å². The number of rotatable bonds is 3. The number of halogens is 1. The summed E-state index contributed by atoms with van der Waals surface area (Å²) >= 11 is 3.59. The molecule has 0 bridgehead atoms. The van der Waals surface area contributed by atoms with Crippen LogP contribution in [0.2, 0.25) is 0 Å². The van der Waals surface area contributed by atoms with E-state index in [9.17, 15) is 0 Å². The topological polar surface area (TPSA) is 29.3 Å². The standard InChI is InChI=1S/C18H20BrN3/c1-11-6-5-7-12(2)16(11)9-20-17-8-15(19)10-22-14(4)13(3)21-18(17)22/h5-8,10,20H,9H2,1-4H3. The third kappa shape index (κ3) is 2.63. The van der Waals surface area contributed by atoms with Gasteiger partial charge in [0.1, 0.15) is 0 Å². The number of aromatic nitrogens is 2. The van der Waals surface area contributed by atoms with Crippen molar-refractivity contribution in [2.45, 2.75) is 34.2 Å². The monoisotopic (exact) mass is 357 g/mol. The largest absolute Gasteiger partial charge is 0.378 e. The molecule has 1 aromatic carbocycles. The van der Waals surface area contributed by atoms with Gasteiger partial charge in [0.05, 0.1) is 11.4 Å². The fourth-order valence-electron chi connectivity index (χ4n) is 2.78. The molecule has 0 amide bonds. The Morgan fingerprint density at radius 1 is 1.14 bits per heavy atom. The van der Waals surface area contributed by atoms with Gasteiger partial charge in [-0.05, 0) is 66.4 Å². The van der Waals surface area contributed by atoms with E-state index >= 15 is 0 Å². The zero-order valence-corrected chi connectivity index (χ0v) is 15.0. The van der Waals surface area contributed by atoms with E-state index in [-0.39, 0.29) is 0 Å². The minimum atomic E-state index is 0.801. The number of imidazole rings is 1. The van der Waals surface area contributed by atoms with Crippen LogP contribution in [0.25, 0.3) is 5.65 Å². The Balaban J connectivity index is 1.99. The van der Waals surface area contributed by atoms with Gasteiger partial charge < -0.3 is 9.72 Å². The molecule has 0 fully saturated rings. The van der Waals surface area contributed by atoms with Gasteiger partial charge in [0.15, 0.2) is 5.65 Å². The number of hydrogen-bond acceptors (Lipinski definition) is 2. The van der Waals surface area contributed by atoms with Crippen LogP contribution in [0.3, 0.4) is 0 Å². The lowest BCUT2D eigenvalue weighted by atomic mass is 10.0. The average Bonchev–Trinajstić information content (AvgIpc) is 2.74. The van der Waals surface area contributed by atoms with Crippen LogP contribution in [-0.4, -0.2) is 9.38 Å². The van der Waals surface area contributed by atoms with Crippen molar-refractivity contribution in [2.24, 2.45) is 0 Å². The first kappa shape index (κ1) is 15.1. The van der Waals surface area contributed by atoms with E-state index in [4.69, 9.17) is 4.98 Å². The number of nitrogens with one attached hydrogen (secondary N) is 1. The van der Waals surface area contributed by atoms with Crippen LogP contribution in [0.1, 0.15) is 28.1 Å². The van der Waals surface area contributed by atoms with E-state index in [0.717, 1.165) is 28.0 Å². The smallest absolute Gasteiger partial charge is 0.160 e. The molecule has 0 spiro atoms. The summed E-state index contributed by atoms with van der Waals surface area (Å²) in [7, 11) is 0. The molecule has 3 rings (SSSR count). The fraction of sp³-hybridized carbons (Fsp3) is 0.278. The third-order valence-corrected chi connectivity index (χ3v) is 4.70. The highest BCUT2D eigenvalue weighted by molar-refractivity contribution is 9.10. The van der Waals surface area contributed by atoms with Crippen molar-refractivity contribution in [1.29, 1.82) is 0 Å². The quantitative estimate of drug-likeness (QED) is 0.718. The molecule has 0 aliphatic carbocycles. The zero-order valence-electron chi connectivity index (χ0n) is 13.4. The minimum absolute atomic E-state index is 0.801. The Morgan fingerprint density at radius 2 is 1.82 bits per heavy atom. The van der Waals surface area contributed by atoms with Gasteiger partial charge in [-0.15, -0.1) is 0 Å². The molecule has 0 saturated heterocycles. The van der Waals surface area contributed by atoms with Crippen LogP contribution in [0.5, 0.6) is 0 Å². The second kappa shape index (κ2) is 5.76. The predicted molar refractivity (Wildman–Crippen MR) is 95.6 cm³/mol. The van der Waals surface area contributed by atoms with Gasteiger partial charge in [-0.25, -0.2) is 4.98 Å². The SMILES string of the molecule is Cc1cccc(C)c1CNc1cc(Br)cn2c(C)c(C)nc12. The van der Waals surface area contributed by atoms with Crippen LogP contribution < -0.4 is 5.32 Å². The molecule has 4 heteroatoms. The third-order valence-electron chi connectivity index (χ3n) is 4.26. The molecule has 1 N–H and O–H groups in total. The van der Waals surface area contributed by atoms with Crippen molar-refractivity contribution >= 4 is 27.3 Å². The second-order valence-corrected chi connectivity index (χ2v) is 6.69. The van der Waals surface area contributed by atoms with Crippen LogP contribution in [-0.2, 0) is 6.54 Å². The highest BCUT2D eigenvalue weighted by Gasteiger charge is 2.11. The van der Waals surface area contributed by atoms with Gasteiger partial charge in [-0.2, -0.15) is 0 Å². The van der Waals surface area contributed by atoms with E-state index < -0.39 is 0 Å². The molecule has 3 aromatic rings. The lowest BCUT2D eigenvalue weighted by Crippen LogP contribution is -2.05. The number of aryl methyl sites for hydroxylation is 4. The Bertz CT molecular complexity index is 829. The minimum Gasteiger partial charge on any atom is -0.378 e. The molecule has 22 heavy (non-hydrogen) atoms. The Hall–Kier alpha value is -1.81. The van der Waals surface area contributed by atoms with Gasteiger partial charge in [0.25, 0.3) is 0 Å². The van der Waals surface area contributed by atoms with Gasteiger partial charge >= 0.3 is 0 Å². The lowest BCUT2D eigenvalue weighted by Gasteiger charge is -2.13. The summed E-state index contributed by atoms with van der Waals surface area (Å²) < 4.78 is 3.18. The van der Waals surface area contributed by atoms with Gasteiger partial charge in [-0.1, -0.05) is 18.2 Å². The number of fused-ring (bicyclic) bond motifs is 1. The van der Waals surface area contributed by atoms with Crippen LogP contribution in [0, 0.1) is 27.7 Å². The van der Waals surface area contributed by atoms with Crippen molar-refractivity contribution in [3.63, 3.8) is 0 Å². The number of hydrogen-bond donors (Lipinski definition) is 1. The molecule has 3 nitrogen and oxygen atoms in total. The molecule has 0 aliphatic heterocycles. The molecule has 0 saturated carbocycles. The fourth-order valence-corrected chi connectivity index (χ4v) is 3.21. The van der Waals surface area contributed by atoms with E-state index in [1.807, 2.05) is 6.92 Å². The molecule has 0 radical (unpaired) electrons. The van der Waals surface area contributed by atoms with Crippen molar-refractivity contribution in [3.05, 3.63) is 63.0 Å². The summed E-state index contributed by atoms with van der Waals surface area (Å²) in [6, 6.07) is 8.51. The van der Waals surface area contributed by atoms with E-state index in [1.54, 1.807) is 0 Å². The first-order valence-electron chi connectivity index (χ1n) is 7.41. The average molecular weight is 358 g/mol. The Labute approximate surface area is 139 Å². The number of nitrogens with zero attached hydrogens (tertiary/aromatic N) is 2. The first-order chi connectivity index (χ1) is 10.5. The van der Waals surface area contributed by atoms with Crippen LogP contribution >= 0.6 is 15.9 Å². The summed E-state index contributed by atoms with van der Waals surface area (Å²) in [5.41, 5.74) is 8.24. The van der Waals surface area contributed by atoms with E-state index in [1.165, 1.54) is 22.4 Å². The van der Waals surface area contributed by atoms with Crippen molar-refractivity contribution in [2.75, 3.05) is 5.32 Å². The molecule has 0 unspecified atom stereocenters. The molecule has 0 aliphatic rings. The van der Waals surface area contributed by atoms with E-state index in [2.05, 4.69) is 76.9 Å². The maximum Gasteiger partial charge on any atom is 0.160 e. The molecule has 2 aromatic heterocycles. The predicted octanol–water partition coefficient (Wildman–Crippen LogP) is 4.94. The maximum absolute atomic E-state index is 4.69. The molecular weight excluding hydrogens is 338 g/mol. The normalized spacial score (nSPS) is 11.1.